The number of halogens is 1. The van der Waals surface area contributed by atoms with E-state index in [9.17, 15) is 18.0 Å². The van der Waals surface area contributed by atoms with Crippen molar-refractivity contribution in [2.24, 2.45) is 0 Å². The predicted octanol–water partition coefficient (Wildman–Crippen LogP) is 3.86. The molecule has 0 saturated carbocycles. The number of rotatable bonds is 10. The van der Waals surface area contributed by atoms with Crippen molar-refractivity contribution in [1.29, 1.82) is 0 Å². The predicted molar refractivity (Wildman–Crippen MR) is 135 cm³/mol. The lowest BCUT2D eigenvalue weighted by atomic mass is 10.1. The maximum absolute atomic E-state index is 13.5. The van der Waals surface area contributed by atoms with Crippen LogP contribution < -0.4 is 9.62 Å². The van der Waals surface area contributed by atoms with Gasteiger partial charge < -0.3 is 10.2 Å². The molecule has 0 saturated heterocycles. The topological polar surface area (TPSA) is 86.8 Å². The first kappa shape index (κ1) is 26.9. The number of hydrogen-bond acceptors (Lipinski definition) is 4. The summed E-state index contributed by atoms with van der Waals surface area (Å²) in [4.78, 5) is 27.8. The van der Waals surface area contributed by atoms with Gasteiger partial charge >= 0.3 is 0 Å². The minimum absolute atomic E-state index is 0.0379. The van der Waals surface area contributed by atoms with E-state index in [1.54, 1.807) is 32.0 Å². The lowest BCUT2D eigenvalue weighted by Crippen LogP contribution is -2.52. The third-order valence-electron chi connectivity index (χ3n) is 5.50. The number of para-hydroxylation sites is 1. The molecule has 33 heavy (non-hydrogen) atoms. The summed E-state index contributed by atoms with van der Waals surface area (Å²) in [6.07, 6.45) is 1.83. The van der Waals surface area contributed by atoms with Crippen molar-refractivity contribution in [3.8, 4) is 0 Å². The van der Waals surface area contributed by atoms with E-state index in [1.165, 1.54) is 4.90 Å². The van der Waals surface area contributed by atoms with Gasteiger partial charge in [-0.05, 0) is 56.5 Å². The first-order valence-corrected chi connectivity index (χ1v) is 13.5. The highest BCUT2D eigenvalue weighted by Crippen LogP contribution is 2.23. The molecule has 0 aliphatic heterocycles. The Labute approximate surface area is 205 Å². The molecule has 9 heteroatoms. The second-order valence-electron chi connectivity index (χ2n) is 8.20. The molecule has 1 N–H and O–H groups in total. The molecular formula is C24H32BrN3O4S. The Bertz CT molecular complexity index is 1070. The monoisotopic (exact) mass is 537 g/mol. The molecule has 0 aromatic heterocycles. The van der Waals surface area contributed by atoms with Crippen molar-refractivity contribution in [3.05, 3.63) is 64.1 Å². The maximum atomic E-state index is 13.5. The van der Waals surface area contributed by atoms with Crippen molar-refractivity contribution in [3.63, 3.8) is 0 Å². The zero-order valence-corrected chi connectivity index (χ0v) is 22.1. The van der Waals surface area contributed by atoms with E-state index in [0.29, 0.717) is 5.69 Å². The Morgan fingerprint density at radius 2 is 1.67 bits per heavy atom. The second kappa shape index (κ2) is 11.7. The fourth-order valence-corrected chi connectivity index (χ4v) is 4.44. The third-order valence-corrected chi connectivity index (χ3v) is 7.15. The molecule has 2 aromatic rings. The van der Waals surface area contributed by atoms with Gasteiger partial charge in [-0.15, -0.1) is 0 Å². The Morgan fingerprint density at radius 3 is 2.21 bits per heavy atom. The van der Waals surface area contributed by atoms with Crippen molar-refractivity contribution in [1.82, 2.24) is 10.2 Å². The average molecular weight is 539 g/mol. The Hall–Kier alpha value is -2.39. The van der Waals surface area contributed by atoms with Crippen molar-refractivity contribution < 1.29 is 18.0 Å². The molecule has 7 nitrogen and oxygen atoms in total. The lowest BCUT2D eigenvalue weighted by Gasteiger charge is -2.32. The SMILES string of the molecule is CC[C@H](C)NC(=O)[C@H](C)N(Cc1ccc(Br)cc1)C(=O)CN(c1ccccc1C)S(C)(=O)=O. The van der Waals surface area contributed by atoms with Gasteiger partial charge in [0.25, 0.3) is 0 Å². The number of nitrogens with one attached hydrogen (secondary N) is 1. The molecule has 0 aliphatic carbocycles. The van der Waals surface area contributed by atoms with Crippen LogP contribution in [0, 0.1) is 6.92 Å². The van der Waals surface area contributed by atoms with E-state index in [1.807, 2.05) is 44.2 Å². The molecule has 0 unspecified atom stereocenters. The van der Waals surface area contributed by atoms with Crippen LogP contribution >= 0.6 is 15.9 Å². The molecular weight excluding hydrogens is 506 g/mol. The minimum atomic E-state index is -3.74. The largest absolute Gasteiger partial charge is 0.352 e. The van der Waals surface area contributed by atoms with Crippen LogP contribution in [0.1, 0.15) is 38.3 Å². The number of aryl methyl sites for hydroxylation is 1. The van der Waals surface area contributed by atoms with Gasteiger partial charge in [-0.2, -0.15) is 0 Å². The summed E-state index contributed by atoms with van der Waals surface area (Å²) in [5.41, 5.74) is 2.00. The number of nitrogens with zero attached hydrogens (tertiary/aromatic N) is 2. The standard InChI is InChI=1S/C24H32BrN3O4S/c1-6-18(3)26-24(30)19(4)27(15-20-11-13-21(25)14-12-20)23(29)16-28(33(5,31)32)22-10-8-7-9-17(22)2/h7-14,18-19H,6,15-16H2,1-5H3,(H,26,30)/t18-,19-/m0/s1. The number of carbonyl (C=O) groups excluding carboxylic acids is 2. The van der Waals surface area contributed by atoms with Gasteiger partial charge in [0.1, 0.15) is 12.6 Å². The number of carbonyl (C=O) groups is 2. The molecule has 2 aromatic carbocycles. The maximum Gasteiger partial charge on any atom is 0.244 e. The fourth-order valence-electron chi connectivity index (χ4n) is 3.27. The minimum Gasteiger partial charge on any atom is -0.352 e. The van der Waals surface area contributed by atoms with Crippen molar-refractivity contribution >= 4 is 43.5 Å². The molecule has 0 spiro atoms. The number of hydrogen-bond donors (Lipinski definition) is 1. The van der Waals surface area contributed by atoms with Gasteiger partial charge in [-0.25, -0.2) is 8.42 Å². The van der Waals surface area contributed by atoms with E-state index in [0.717, 1.165) is 32.6 Å². The van der Waals surface area contributed by atoms with Crippen LogP contribution in [0.3, 0.4) is 0 Å². The highest BCUT2D eigenvalue weighted by Gasteiger charge is 2.30. The Morgan fingerprint density at radius 1 is 1.06 bits per heavy atom. The number of anilines is 1. The summed E-state index contributed by atoms with van der Waals surface area (Å²) in [7, 11) is -3.74. The van der Waals surface area contributed by atoms with Gasteiger partial charge in [0.2, 0.25) is 21.8 Å². The number of benzene rings is 2. The zero-order valence-electron chi connectivity index (χ0n) is 19.7. The summed E-state index contributed by atoms with van der Waals surface area (Å²) < 4.78 is 27.2. The fraction of sp³-hybridized carbons (Fsp3) is 0.417. The van der Waals surface area contributed by atoms with Gasteiger partial charge in [-0.3, -0.25) is 13.9 Å². The second-order valence-corrected chi connectivity index (χ2v) is 11.0. The van der Waals surface area contributed by atoms with Crippen LogP contribution in [-0.2, 0) is 26.2 Å². The van der Waals surface area contributed by atoms with E-state index < -0.39 is 28.5 Å². The lowest BCUT2D eigenvalue weighted by molar-refractivity contribution is -0.139. The smallest absolute Gasteiger partial charge is 0.244 e. The zero-order chi connectivity index (χ0) is 24.8. The van der Waals surface area contributed by atoms with Crippen LogP contribution in [0.5, 0.6) is 0 Å². The molecule has 2 atom stereocenters. The van der Waals surface area contributed by atoms with Gasteiger partial charge in [0.15, 0.2) is 0 Å². The number of sulfonamides is 1. The van der Waals surface area contributed by atoms with Crippen molar-refractivity contribution in [2.45, 2.75) is 52.7 Å². The molecule has 2 rings (SSSR count). The summed E-state index contributed by atoms with van der Waals surface area (Å²) in [6.45, 7) is 7.09. The molecule has 2 amide bonds. The molecule has 0 fully saturated rings. The van der Waals surface area contributed by atoms with E-state index >= 15 is 0 Å². The molecule has 180 valence electrons. The summed E-state index contributed by atoms with van der Waals surface area (Å²) >= 11 is 3.40. The molecule has 0 radical (unpaired) electrons. The van der Waals surface area contributed by atoms with Gasteiger partial charge in [0, 0.05) is 17.1 Å². The molecule has 0 aliphatic rings. The summed E-state index contributed by atoms with van der Waals surface area (Å²) in [5, 5.41) is 2.91. The Balaban J connectivity index is 2.39. The van der Waals surface area contributed by atoms with Gasteiger partial charge in [-0.1, -0.05) is 53.2 Å². The van der Waals surface area contributed by atoms with E-state index in [2.05, 4.69) is 21.2 Å². The first-order chi connectivity index (χ1) is 15.4. The highest BCUT2D eigenvalue weighted by atomic mass is 79.9. The summed E-state index contributed by atoms with van der Waals surface area (Å²) in [6, 6.07) is 13.6. The highest BCUT2D eigenvalue weighted by molar-refractivity contribution is 9.10. The van der Waals surface area contributed by atoms with Crippen LogP contribution in [0.15, 0.2) is 53.0 Å². The van der Waals surface area contributed by atoms with Crippen LogP contribution in [0.4, 0.5) is 5.69 Å². The first-order valence-electron chi connectivity index (χ1n) is 10.8. The number of amides is 2. The van der Waals surface area contributed by atoms with Crippen LogP contribution in [0.25, 0.3) is 0 Å². The van der Waals surface area contributed by atoms with Crippen LogP contribution in [0.2, 0.25) is 0 Å². The van der Waals surface area contributed by atoms with Crippen molar-refractivity contribution in [2.75, 3.05) is 17.1 Å². The van der Waals surface area contributed by atoms with E-state index in [4.69, 9.17) is 0 Å². The summed E-state index contributed by atoms with van der Waals surface area (Å²) in [5.74, 6) is -0.741. The Kier molecular flexibility index (Phi) is 9.48. The third kappa shape index (κ3) is 7.57. The average Bonchev–Trinajstić information content (AvgIpc) is 2.76. The van der Waals surface area contributed by atoms with Gasteiger partial charge in [0.05, 0.1) is 11.9 Å². The van der Waals surface area contributed by atoms with E-state index in [-0.39, 0.29) is 18.5 Å². The molecule has 0 bridgehead atoms. The van der Waals surface area contributed by atoms with Crippen LogP contribution in [-0.4, -0.2) is 50.0 Å². The molecule has 0 heterocycles. The quantitative estimate of drug-likeness (QED) is 0.498. The normalized spacial score (nSPS) is 13.2.